The van der Waals surface area contributed by atoms with Gasteiger partial charge in [0.15, 0.2) is 0 Å². The average Bonchev–Trinajstić information content (AvgIpc) is 3.35. The van der Waals surface area contributed by atoms with Gasteiger partial charge in [-0.15, -0.1) is 11.3 Å². The number of para-hydroxylation sites is 1. The van der Waals surface area contributed by atoms with E-state index in [0.29, 0.717) is 19.4 Å². The van der Waals surface area contributed by atoms with Crippen molar-refractivity contribution < 1.29 is 9.59 Å². The lowest BCUT2D eigenvalue weighted by Crippen LogP contribution is -2.24. The summed E-state index contributed by atoms with van der Waals surface area (Å²) in [6, 6.07) is 16.1. The molecule has 0 bridgehead atoms. The molecule has 150 valence electrons. The van der Waals surface area contributed by atoms with Crippen molar-refractivity contribution >= 4 is 39.1 Å². The Morgan fingerprint density at radius 2 is 1.93 bits per heavy atom. The number of anilines is 1. The number of benzene rings is 2. The fraction of sp³-hybridized carbons (Fsp3) is 0.348. The van der Waals surface area contributed by atoms with Gasteiger partial charge in [-0.2, -0.15) is 0 Å². The molecule has 1 aliphatic rings. The monoisotopic (exact) mass is 407 g/mol. The van der Waals surface area contributed by atoms with Gasteiger partial charge in [-0.1, -0.05) is 24.3 Å². The third-order valence-electron chi connectivity index (χ3n) is 5.19. The van der Waals surface area contributed by atoms with Crippen molar-refractivity contribution in [3.8, 4) is 0 Å². The summed E-state index contributed by atoms with van der Waals surface area (Å²) in [5.74, 6) is 0.269. The van der Waals surface area contributed by atoms with Crippen LogP contribution in [0, 0.1) is 0 Å². The second kappa shape index (κ2) is 9.18. The number of carbonyl (C=O) groups excluding carboxylic acids is 2. The summed E-state index contributed by atoms with van der Waals surface area (Å²) >= 11 is 1.74. The molecule has 6 heteroatoms. The first-order valence-electron chi connectivity index (χ1n) is 10.2. The first-order valence-corrected chi connectivity index (χ1v) is 11.0. The molecule has 0 spiro atoms. The van der Waals surface area contributed by atoms with Crippen molar-refractivity contribution in [2.24, 2.45) is 0 Å². The summed E-state index contributed by atoms with van der Waals surface area (Å²) in [7, 11) is 0. The van der Waals surface area contributed by atoms with Crippen LogP contribution in [0.15, 0.2) is 48.5 Å². The number of aryl methyl sites for hydroxylation is 1. The number of unbranched alkanes of at least 4 members (excludes halogenated alkanes) is 1. The highest BCUT2D eigenvalue weighted by Gasteiger charge is 2.21. The van der Waals surface area contributed by atoms with E-state index < -0.39 is 0 Å². The molecule has 1 saturated heterocycles. The van der Waals surface area contributed by atoms with Gasteiger partial charge >= 0.3 is 0 Å². The van der Waals surface area contributed by atoms with Gasteiger partial charge in [0, 0.05) is 31.6 Å². The molecule has 2 aromatic carbocycles. The zero-order valence-corrected chi connectivity index (χ0v) is 17.2. The first-order chi connectivity index (χ1) is 14.2. The van der Waals surface area contributed by atoms with Crippen molar-refractivity contribution in [2.45, 2.75) is 45.1 Å². The Morgan fingerprint density at radius 1 is 1.10 bits per heavy atom. The highest BCUT2D eigenvalue weighted by atomic mass is 32.1. The molecule has 1 aromatic heterocycles. The zero-order valence-electron chi connectivity index (χ0n) is 16.4. The summed E-state index contributed by atoms with van der Waals surface area (Å²) in [6.45, 7) is 1.32. The maximum absolute atomic E-state index is 12.1. The van der Waals surface area contributed by atoms with E-state index in [-0.39, 0.29) is 11.8 Å². The molecule has 0 radical (unpaired) electrons. The Kier molecular flexibility index (Phi) is 6.20. The third kappa shape index (κ3) is 5.01. The maximum atomic E-state index is 12.1. The van der Waals surface area contributed by atoms with Crippen LogP contribution >= 0.6 is 11.3 Å². The lowest BCUT2D eigenvalue weighted by atomic mass is 10.1. The molecule has 1 N–H and O–H groups in total. The van der Waals surface area contributed by atoms with E-state index in [4.69, 9.17) is 0 Å². The largest absolute Gasteiger partial charge is 0.352 e. The van der Waals surface area contributed by atoms with E-state index in [1.54, 1.807) is 11.3 Å². The smallest absolute Gasteiger partial charge is 0.227 e. The van der Waals surface area contributed by atoms with E-state index >= 15 is 0 Å². The van der Waals surface area contributed by atoms with Crippen LogP contribution in [0.4, 0.5) is 5.69 Å². The summed E-state index contributed by atoms with van der Waals surface area (Å²) in [6.07, 6.45) is 4.84. The third-order valence-corrected chi connectivity index (χ3v) is 6.29. The van der Waals surface area contributed by atoms with Crippen LogP contribution in [0.1, 0.15) is 42.7 Å². The maximum Gasteiger partial charge on any atom is 0.227 e. The summed E-state index contributed by atoms with van der Waals surface area (Å²) < 4.78 is 1.22. The molecule has 0 saturated carbocycles. The molecular formula is C23H25N3O2S. The predicted molar refractivity (Wildman–Crippen MR) is 117 cm³/mol. The fourth-order valence-corrected chi connectivity index (χ4v) is 4.60. The molecular weight excluding hydrogens is 382 g/mol. The molecule has 2 amide bonds. The molecule has 0 aliphatic carbocycles. The Balaban J connectivity index is 1.16. The lowest BCUT2D eigenvalue weighted by Gasteiger charge is -2.16. The van der Waals surface area contributed by atoms with Gasteiger partial charge in [-0.05, 0) is 55.5 Å². The van der Waals surface area contributed by atoms with Crippen LogP contribution in [0.25, 0.3) is 10.2 Å². The summed E-state index contributed by atoms with van der Waals surface area (Å²) in [5.41, 5.74) is 3.05. The van der Waals surface area contributed by atoms with Crippen LogP contribution in [-0.4, -0.2) is 23.3 Å². The quantitative estimate of drug-likeness (QED) is 0.561. The number of amides is 2. The van der Waals surface area contributed by atoms with Gasteiger partial charge in [0.2, 0.25) is 11.8 Å². The Labute approximate surface area is 174 Å². The average molecular weight is 408 g/mol. The topological polar surface area (TPSA) is 62.3 Å². The number of hydrogen-bond acceptors (Lipinski definition) is 4. The standard InChI is InChI=1S/C23H25N3O2S/c27-21(8-3-4-9-22-25-19-6-1-2-7-20(19)29-22)24-16-17-11-13-18(14-12-17)26-15-5-10-23(26)28/h1-2,6-7,11-14H,3-5,8-10,15-16H2,(H,24,27). The van der Waals surface area contributed by atoms with Crippen molar-refractivity contribution in [1.29, 1.82) is 0 Å². The normalized spacial score (nSPS) is 13.9. The molecule has 0 atom stereocenters. The molecule has 29 heavy (non-hydrogen) atoms. The Bertz CT molecular complexity index is 964. The van der Waals surface area contributed by atoms with E-state index in [9.17, 15) is 9.59 Å². The molecule has 1 fully saturated rings. The second-order valence-corrected chi connectivity index (χ2v) is 8.49. The minimum absolute atomic E-state index is 0.0769. The van der Waals surface area contributed by atoms with Crippen molar-refractivity contribution in [2.75, 3.05) is 11.4 Å². The molecule has 4 rings (SSSR count). The number of nitrogens with zero attached hydrogens (tertiary/aromatic N) is 2. The van der Waals surface area contributed by atoms with Crippen molar-refractivity contribution in [3.05, 3.63) is 59.1 Å². The molecule has 5 nitrogen and oxygen atoms in total. The van der Waals surface area contributed by atoms with Crippen molar-refractivity contribution in [1.82, 2.24) is 10.3 Å². The van der Waals surface area contributed by atoms with E-state index in [1.165, 1.54) is 4.70 Å². The van der Waals surface area contributed by atoms with Gasteiger partial charge in [-0.3, -0.25) is 9.59 Å². The van der Waals surface area contributed by atoms with Crippen LogP contribution < -0.4 is 10.2 Å². The minimum Gasteiger partial charge on any atom is -0.352 e. The summed E-state index contributed by atoms with van der Waals surface area (Å²) in [5, 5.41) is 4.13. The summed E-state index contributed by atoms with van der Waals surface area (Å²) in [4.78, 5) is 30.4. The van der Waals surface area contributed by atoms with Crippen LogP contribution in [0.2, 0.25) is 0 Å². The van der Waals surface area contributed by atoms with Gasteiger partial charge in [0.1, 0.15) is 0 Å². The number of rotatable bonds is 8. The molecule has 3 aromatic rings. The van der Waals surface area contributed by atoms with Gasteiger partial charge < -0.3 is 10.2 Å². The lowest BCUT2D eigenvalue weighted by molar-refractivity contribution is -0.121. The Morgan fingerprint density at radius 3 is 2.69 bits per heavy atom. The number of nitrogens with one attached hydrogen (secondary N) is 1. The van der Waals surface area contributed by atoms with Gasteiger partial charge in [-0.25, -0.2) is 4.98 Å². The second-order valence-electron chi connectivity index (χ2n) is 7.37. The van der Waals surface area contributed by atoms with E-state index in [0.717, 1.165) is 54.0 Å². The number of thiazole rings is 1. The van der Waals surface area contributed by atoms with E-state index in [2.05, 4.69) is 16.4 Å². The SMILES string of the molecule is O=C(CCCCc1nc2ccccc2s1)NCc1ccc(N2CCCC2=O)cc1. The number of aromatic nitrogens is 1. The first kappa shape index (κ1) is 19.6. The van der Waals surface area contributed by atoms with Crippen LogP contribution in [-0.2, 0) is 22.6 Å². The van der Waals surface area contributed by atoms with Crippen molar-refractivity contribution in [3.63, 3.8) is 0 Å². The number of fused-ring (bicyclic) bond motifs is 1. The highest BCUT2D eigenvalue weighted by Crippen LogP contribution is 2.23. The Hall–Kier alpha value is -2.73. The number of hydrogen-bond donors (Lipinski definition) is 1. The molecule has 0 unspecified atom stereocenters. The van der Waals surface area contributed by atoms with Gasteiger partial charge in [0.05, 0.1) is 15.2 Å². The zero-order chi connectivity index (χ0) is 20.1. The van der Waals surface area contributed by atoms with Crippen LogP contribution in [0.3, 0.4) is 0 Å². The minimum atomic E-state index is 0.0769. The molecule has 1 aliphatic heterocycles. The predicted octanol–water partition coefficient (Wildman–Crippen LogP) is 4.45. The fourth-order valence-electron chi connectivity index (χ4n) is 3.59. The number of carbonyl (C=O) groups is 2. The van der Waals surface area contributed by atoms with Gasteiger partial charge in [0.25, 0.3) is 0 Å². The highest BCUT2D eigenvalue weighted by molar-refractivity contribution is 7.18. The van der Waals surface area contributed by atoms with E-state index in [1.807, 2.05) is 47.4 Å². The van der Waals surface area contributed by atoms with Crippen LogP contribution in [0.5, 0.6) is 0 Å². The molecule has 2 heterocycles.